The Labute approximate surface area is 194 Å². The molecule has 8 nitrogen and oxygen atoms in total. The number of pyridine rings is 1. The van der Waals surface area contributed by atoms with Crippen LogP contribution in [0.4, 0.5) is 10.1 Å². The summed E-state index contributed by atoms with van der Waals surface area (Å²) in [5.41, 5.74) is 8.49. The average molecular weight is 459 g/mol. The number of nitrogens with zero attached hydrogens (tertiary/aromatic N) is 3. The number of rotatable bonds is 6. The fraction of sp³-hybridized carbons (Fsp3) is 0.160. The Morgan fingerprint density at radius 1 is 1.09 bits per heavy atom. The Balaban J connectivity index is 1.69. The van der Waals surface area contributed by atoms with Crippen molar-refractivity contribution < 1.29 is 18.8 Å². The number of nitrogens with one attached hydrogen (secondary N) is 1. The van der Waals surface area contributed by atoms with Crippen LogP contribution < -0.4 is 11.1 Å². The first-order chi connectivity index (χ1) is 16.2. The van der Waals surface area contributed by atoms with Crippen molar-refractivity contribution in [1.82, 2.24) is 14.8 Å². The zero-order valence-electron chi connectivity index (χ0n) is 18.8. The van der Waals surface area contributed by atoms with Crippen molar-refractivity contribution in [3.8, 4) is 0 Å². The van der Waals surface area contributed by atoms with Crippen LogP contribution in [-0.2, 0) is 6.54 Å². The standard InChI is InChI=1S/C25H22FN5O3/c1-13-23(14(2)31(30-13)12-16-6-4-7-17(10-16)15(3)32)29-25(34)18-11-21(24(27)33)28-20-9-5-8-19(26)22(18)20/h4-11H,12H2,1-3H3,(H2,27,33)(H,29,34). The number of nitrogens with two attached hydrogens (primary N) is 1. The van der Waals surface area contributed by atoms with Crippen molar-refractivity contribution in [1.29, 1.82) is 0 Å². The minimum Gasteiger partial charge on any atom is -0.364 e. The second-order valence-electron chi connectivity index (χ2n) is 7.97. The number of halogens is 1. The Hall–Kier alpha value is -4.40. The number of fused-ring (bicyclic) bond motifs is 1. The van der Waals surface area contributed by atoms with Crippen LogP contribution in [-0.4, -0.2) is 32.4 Å². The quantitative estimate of drug-likeness (QED) is 0.425. The summed E-state index contributed by atoms with van der Waals surface area (Å²) in [4.78, 5) is 40.7. The molecule has 2 aromatic heterocycles. The van der Waals surface area contributed by atoms with Gasteiger partial charge >= 0.3 is 0 Å². The third-order valence-corrected chi connectivity index (χ3v) is 5.57. The van der Waals surface area contributed by atoms with Crippen LogP contribution in [0.2, 0.25) is 0 Å². The third kappa shape index (κ3) is 4.27. The molecular weight excluding hydrogens is 437 g/mol. The highest BCUT2D eigenvalue weighted by Crippen LogP contribution is 2.26. The fourth-order valence-corrected chi connectivity index (χ4v) is 3.82. The topological polar surface area (TPSA) is 120 Å². The van der Waals surface area contributed by atoms with Gasteiger partial charge in [0.2, 0.25) is 0 Å². The molecular formula is C25H22FN5O3. The van der Waals surface area contributed by atoms with Crippen LogP contribution in [0.25, 0.3) is 10.9 Å². The minimum absolute atomic E-state index is 0.00579. The number of aromatic nitrogens is 3. The first-order valence-corrected chi connectivity index (χ1v) is 10.5. The van der Waals surface area contributed by atoms with E-state index in [-0.39, 0.29) is 27.9 Å². The number of hydrogen-bond donors (Lipinski definition) is 2. The van der Waals surface area contributed by atoms with Gasteiger partial charge in [0.05, 0.1) is 34.7 Å². The predicted octanol–water partition coefficient (Wildman–Crippen LogP) is 3.79. The number of hydrogen-bond acceptors (Lipinski definition) is 5. The molecule has 2 aromatic carbocycles. The zero-order valence-corrected chi connectivity index (χ0v) is 18.8. The van der Waals surface area contributed by atoms with Crippen molar-refractivity contribution >= 4 is 34.2 Å². The summed E-state index contributed by atoms with van der Waals surface area (Å²) in [5.74, 6) is -2.12. The monoisotopic (exact) mass is 459 g/mol. The Kier molecular flexibility index (Phi) is 5.93. The van der Waals surface area contributed by atoms with Gasteiger partial charge in [0.25, 0.3) is 11.8 Å². The van der Waals surface area contributed by atoms with Crippen molar-refractivity contribution in [3.63, 3.8) is 0 Å². The van der Waals surface area contributed by atoms with Gasteiger partial charge in [-0.15, -0.1) is 0 Å². The molecule has 0 unspecified atom stereocenters. The number of primary amides is 1. The molecule has 0 fully saturated rings. The second kappa shape index (κ2) is 8.86. The molecule has 2 amide bonds. The van der Waals surface area contributed by atoms with Gasteiger partial charge in [0, 0.05) is 10.9 Å². The molecule has 0 radical (unpaired) electrons. The molecule has 9 heteroatoms. The van der Waals surface area contributed by atoms with Gasteiger partial charge in [-0.1, -0.05) is 24.3 Å². The molecule has 0 aliphatic carbocycles. The van der Waals surface area contributed by atoms with E-state index in [0.29, 0.717) is 29.2 Å². The van der Waals surface area contributed by atoms with Crippen LogP contribution in [0.5, 0.6) is 0 Å². The molecule has 2 heterocycles. The smallest absolute Gasteiger partial charge is 0.267 e. The normalized spacial score (nSPS) is 10.9. The molecule has 0 spiro atoms. The lowest BCUT2D eigenvalue weighted by Gasteiger charge is -2.11. The largest absolute Gasteiger partial charge is 0.364 e. The van der Waals surface area contributed by atoms with E-state index in [1.54, 1.807) is 36.7 Å². The second-order valence-corrected chi connectivity index (χ2v) is 7.97. The molecule has 172 valence electrons. The molecule has 0 aliphatic heterocycles. The van der Waals surface area contributed by atoms with E-state index in [0.717, 1.165) is 5.56 Å². The van der Waals surface area contributed by atoms with E-state index in [1.165, 1.54) is 31.2 Å². The molecule has 3 N–H and O–H groups in total. The van der Waals surface area contributed by atoms with E-state index >= 15 is 0 Å². The Morgan fingerprint density at radius 3 is 2.53 bits per heavy atom. The first kappa shape index (κ1) is 22.8. The summed E-state index contributed by atoms with van der Waals surface area (Å²) < 4.78 is 16.3. The predicted molar refractivity (Wildman–Crippen MR) is 125 cm³/mol. The number of benzene rings is 2. The van der Waals surface area contributed by atoms with Crippen molar-refractivity contribution in [3.05, 3.63) is 88.1 Å². The van der Waals surface area contributed by atoms with Gasteiger partial charge < -0.3 is 11.1 Å². The van der Waals surface area contributed by atoms with Gasteiger partial charge in [-0.2, -0.15) is 5.10 Å². The number of ketones is 1. The Morgan fingerprint density at radius 2 is 1.82 bits per heavy atom. The van der Waals surface area contributed by atoms with Gasteiger partial charge in [0.15, 0.2) is 5.78 Å². The molecule has 34 heavy (non-hydrogen) atoms. The van der Waals surface area contributed by atoms with Gasteiger partial charge in [-0.25, -0.2) is 9.37 Å². The highest BCUT2D eigenvalue weighted by atomic mass is 19.1. The van der Waals surface area contributed by atoms with E-state index in [4.69, 9.17) is 5.73 Å². The summed E-state index contributed by atoms with van der Waals surface area (Å²) in [6, 6.07) is 12.6. The number of Topliss-reactive ketones (excluding diaryl/α,β-unsaturated/α-hetero) is 1. The number of amides is 2. The van der Waals surface area contributed by atoms with Crippen LogP contribution in [0.1, 0.15) is 55.1 Å². The zero-order chi connectivity index (χ0) is 24.6. The third-order valence-electron chi connectivity index (χ3n) is 5.57. The molecule has 0 saturated heterocycles. The van der Waals surface area contributed by atoms with Gasteiger partial charge in [-0.3, -0.25) is 19.1 Å². The lowest BCUT2D eigenvalue weighted by atomic mass is 10.1. The number of carbonyl (C=O) groups is 3. The molecule has 0 aliphatic rings. The number of carbonyl (C=O) groups excluding carboxylic acids is 3. The molecule has 4 rings (SSSR count). The van der Waals surface area contributed by atoms with Crippen molar-refractivity contribution in [2.24, 2.45) is 5.73 Å². The van der Waals surface area contributed by atoms with E-state index in [9.17, 15) is 18.8 Å². The molecule has 0 saturated carbocycles. The minimum atomic E-state index is -0.826. The van der Waals surface area contributed by atoms with Gasteiger partial charge in [0.1, 0.15) is 11.5 Å². The van der Waals surface area contributed by atoms with Crippen LogP contribution in [0.15, 0.2) is 48.5 Å². The highest BCUT2D eigenvalue weighted by Gasteiger charge is 2.21. The fourth-order valence-electron chi connectivity index (χ4n) is 3.82. The first-order valence-electron chi connectivity index (χ1n) is 10.5. The summed E-state index contributed by atoms with van der Waals surface area (Å²) in [6.07, 6.45) is 0. The molecule has 0 bridgehead atoms. The summed E-state index contributed by atoms with van der Waals surface area (Å²) in [7, 11) is 0. The maximum absolute atomic E-state index is 14.6. The molecule has 4 aromatic rings. The Bertz CT molecular complexity index is 1480. The van der Waals surface area contributed by atoms with Crippen LogP contribution in [0, 0.1) is 19.7 Å². The number of anilines is 1. The van der Waals surface area contributed by atoms with Crippen molar-refractivity contribution in [2.45, 2.75) is 27.3 Å². The molecule has 0 atom stereocenters. The summed E-state index contributed by atoms with van der Waals surface area (Å²) >= 11 is 0. The van der Waals surface area contributed by atoms with Crippen molar-refractivity contribution in [2.75, 3.05) is 5.32 Å². The summed E-state index contributed by atoms with van der Waals surface area (Å²) in [5, 5.41) is 7.30. The summed E-state index contributed by atoms with van der Waals surface area (Å²) in [6.45, 7) is 5.43. The highest BCUT2D eigenvalue weighted by molar-refractivity contribution is 6.14. The van der Waals surface area contributed by atoms with E-state index < -0.39 is 17.6 Å². The maximum Gasteiger partial charge on any atom is 0.267 e. The van der Waals surface area contributed by atoms with Crippen LogP contribution in [0.3, 0.4) is 0 Å². The SMILES string of the molecule is CC(=O)c1cccc(Cn2nc(C)c(NC(=O)c3cc(C(N)=O)nc4cccc(F)c34)c2C)c1. The maximum atomic E-state index is 14.6. The lowest BCUT2D eigenvalue weighted by molar-refractivity contribution is 0.0992. The van der Waals surface area contributed by atoms with E-state index in [2.05, 4.69) is 15.4 Å². The van der Waals surface area contributed by atoms with Gasteiger partial charge in [-0.05, 0) is 50.6 Å². The van der Waals surface area contributed by atoms with Crippen LogP contribution >= 0.6 is 0 Å². The number of aryl methyl sites for hydroxylation is 1. The lowest BCUT2D eigenvalue weighted by Crippen LogP contribution is -2.18. The van der Waals surface area contributed by atoms with E-state index in [1.807, 2.05) is 6.07 Å². The average Bonchev–Trinajstić information content (AvgIpc) is 3.05.